The van der Waals surface area contributed by atoms with E-state index in [4.69, 9.17) is 12.2 Å². The van der Waals surface area contributed by atoms with Crippen LogP contribution in [0.3, 0.4) is 0 Å². The minimum atomic E-state index is -0.381. The monoisotopic (exact) mass is 140 g/mol. The predicted molar refractivity (Wildman–Crippen MR) is 40.1 cm³/mol. The molecule has 3 nitrogen and oxygen atoms in total. The van der Waals surface area contributed by atoms with Crippen molar-refractivity contribution in [3.05, 3.63) is 0 Å². The lowest BCUT2D eigenvalue weighted by Crippen LogP contribution is -2.35. The lowest BCUT2D eigenvalue weighted by molar-refractivity contribution is -0.117. The fourth-order valence-corrected chi connectivity index (χ4v) is 0.545. The highest BCUT2D eigenvalue weighted by atomic mass is 16.1. The van der Waals surface area contributed by atoms with Crippen LogP contribution in [-0.4, -0.2) is 18.5 Å². The number of hydrogen-bond acceptors (Lipinski definition) is 2. The zero-order chi connectivity index (χ0) is 7.98. The molecular weight excluding hydrogens is 128 g/mol. The number of rotatable bonds is 4. The molecule has 3 N–H and O–H groups in total. The Balaban J connectivity index is 3.47. The summed E-state index contributed by atoms with van der Waals surface area (Å²) >= 11 is 0. The van der Waals surface area contributed by atoms with E-state index < -0.39 is 0 Å². The van der Waals surface area contributed by atoms with Crippen LogP contribution in [0.5, 0.6) is 0 Å². The van der Waals surface area contributed by atoms with Gasteiger partial charge < -0.3 is 5.73 Å². The van der Waals surface area contributed by atoms with Gasteiger partial charge >= 0.3 is 0 Å². The highest BCUT2D eigenvalue weighted by molar-refractivity contribution is 5.75. The summed E-state index contributed by atoms with van der Waals surface area (Å²) in [4.78, 5) is 10.2. The third kappa shape index (κ3) is 3.93. The van der Waals surface area contributed by atoms with Gasteiger partial charge in [0.1, 0.15) is 0 Å². The Hall–Kier alpha value is -1.01. The first-order valence-electron chi connectivity index (χ1n) is 3.18. The quantitative estimate of drug-likeness (QED) is 0.516. The first kappa shape index (κ1) is 8.99. The van der Waals surface area contributed by atoms with Gasteiger partial charge in [-0.15, -0.1) is 6.42 Å². The first-order chi connectivity index (χ1) is 4.70. The van der Waals surface area contributed by atoms with Crippen molar-refractivity contribution >= 4 is 5.91 Å². The zero-order valence-electron chi connectivity index (χ0n) is 6.05. The van der Waals surface area contributed by atoms with E-state index in [1.807, 2.05) is 6.92 Å². The van der Waals surface area contributed by atoms with E-state index in [1.54, 1.807) is 0 Å². The van der Waals surface area contributed by atoms with Crippen molar-refractivity contribution in [2.75, 3.05) is 6.54 Å². The maximum Gasteiger partial charge on any atom is 0.231 e. The molecule has 0 spiro atoms. The molecule has 0 aromatic rings. The molecule has 0 aromatic carbocycles. The minimum Gasteiger partial charge on any atom is -0.369 e. The molecule has 0 aromatic heterocycles. The molecule has 0 saturated carbocycles. The Labute approximate surface area is 61.0 Å². The van der Waals surface area contributed by atoms with E-state index in [2.05, 4.69) is 11.2 Å². The molecule has 1 amide bonds. The van der Waals surface area contributed by atoms with Crippen LogP contribution in [-0.2, 0) is 4.79 Å². The molecule has 0 heterocycles. The molecule has 0 saturated heterocycles. The average Bonchev–Trinajstić information content (AvgIpc) is 1.90. The predicted octanol–water partition coefficient (Wildman–Crippen LogP) is -0.527. The van der Waals surface area contributed by atoms with Crippen LogP contribution in [0, 0.1) is 12.3 Å². The summed E-state index contributed by atoms with van der Waals surface area (Å²) in [5.74, 6) is 2.11. The van der Waals surface area contributed by atoms with Gasteiger partial charge in [-0.05, 0) is 6.42 Å². The fourth-order valence-electron chi connectivity index (χ4n) is 0.545. The number of nitrogens with two attached hydrogens (primary N) is 1. The molecular formula is C7H12N2O. The number of nitrogens with one attached hydrogen (secondary N) is 1. The van der Waals surface area contributed by atoms with E-state index in [1.165, 1.54) is 0 Å². The van der Waals surface area contributed by atoms with Gasteiger partial charge in [-0.3, -0.25) is 10.1 Å². The van der Waals surface area contributed by atoms with Gasteiger partial charge in [0.05, 0.1) is 12.6 Å². The van der Waals surface area contributed by atoms with E-state index in [0.717, 1.165) is 6.42 Å². The van der Waals surface area contributed by atoms with Gasteiger partial charge in [-0.2, -0.15) is 0 Å². The highest BCUT2D eigenvalue weighted by Crippen LogP contribution is 1.85. The summed E-state index contributed by atoms with van der Waals surface area (Å²) < 4.78 is 0. The van der Waals surface area contributed by atoms with Crippen molar-refractivity contribution in [2.24, 2.45) is 5.73 Å². The van der Waals surface area contributed by atoms with Crippen LogP contribution in [0.15, 0.2) is 0 Å². The number of terminal acetylenes is 1. The van der Waals surface area contributed by atoms with Crippen LogP contribution in [0.4, 0.5) is 0 Å². The topological polar surface area (TPSA) is 55.1 Å². The average molecular weight is 140 g/mol. The van der Waals surface area contributed by atoms with E-state index >= 15 is 0 Å². The van der Waals surface area contributed by atoms with Crippen molar-refractivity contribution in [2.45, 2.75) is 19.4 Å². The number of carbonyl (C=O) groups excluding carboxylic acids is 1. The molecule has 0 aliphatic carbocycles. The molecule has 0 aliphatic rings. The van der Waals surface area contributed by atoms with Crippen molar-refractivity contribution < 1.29 is 4.79 Å². The van der Waals surface area contributed by atoms with Crippen LogP contribution >= 0.6 is 0 Å². The maximum atomic E-state index is 10.2. The van der Waals surface area contributed by atoms with Crippen LogP contribution in [0.25, 0.3) is 0 Å². The molecule has 3 heteroatoms. The van der Waals surface area contributed by atoms with E-state index in [9.17, 15) is 4.79 Å². The number of primary amides is 1. The van der Waals surface area contributed by atoms with E-state index in [0.29, 0.717) is 0 Å². The van der Waals surface area contributed by atoms with Gasteiger partial charge in [-0.25, -0.2) is 0 Å². The van der Waals surface area contributed by atoms with Crippen LogP contribution in [0.2, 0.25) is 0 Å². The Morgan fingerprint density at radius 2 is 2.50 bits per heavy atom. The van der Waals surface area contributed by atoms with Crippen molar-refractivity contribution in [3.63, 3.8) is 0 Å². The molecule has 0 fully saturated rings. The molecule has 0 aliphatic heterocycles. The van der Waals surface area contributed by atoms with Gasteiger partial charge in [0.25, 0.3) is 0 Å². The molecule has 0 rings (SSSR count). The fraction of sp³-hybridized carbons (Fsp3) is 0.571. The number of carbonyl (C=O) groups is 1. The maximum absolute atomic E-state index is 10.2. The van der Waals surface area contributed by atoms with Crippen molar-refractivity contribution in [3.8, 4) is 12.3 Å². The summed E-state index contributed by atoms with van der Waals surface area (Å²) in [6, 6.07) is -0.0347. The minimum absolute atomic E-state index is 0.0347. The molecule has 10 heavy (non-hydrogen) atoms. The van der Waals surface area contributed by atoms with Gasteiger partial charge in [0.15, 0.2) is 0 Å². The molecule has 1 atom stereocenters. The highest BCUT2D eigenvalue weighted by Gasteiger charge is 2.00. The Kier molecular flexibility index (Phi) is 4.34. The van der Waals surface area contributed by atoms with Crippen LogP contribution in [0.1, 0.15) is 13.3 Å². The molecule has 56 valence electrons. The second kappa shape index (κ2) is 4.83. The summed E-state index contributed by atoms with van der Waals surface area (Å²) in [6.45, 7) is 2.10. The Morgan fingerprint density at radius 1 is 1.90 bits per heavy atom. The van der Waals surface area contributed by atoms with E-state index in [-0.39, 0.29) is 18.5 Å². The number of amides is 1. The van der Waals surface area contributed by atoms with Gasteiger partial charge in [0.2, 0.25) is 5.91 Å². The molecule has 0 radical (unpaired) electrons. The van der Waals surface area contributed by atoms with Gasteiger partial charge in [0, 0.05) is 0 Å². The summed E-state index contributed by atoms with van der Waals surface area (Å²) in [7, 11) is 0. The molecule has 1 unspecified atom stereocenters. The molecule has 0 bridgehead atoms. The Morgan fingerprint density at radius 3 is 2.80 bits per heavy atom. The summed E-state index contributed by atoms with van der Waals surface area (Å²) in [5.41, 5.74) is 4.88. The van der Waals surface area contributed by atoms with Crippen LogP contribution < -0.4 is 11.1 Å². The number of hydrogen-bond donors (Lipinski definition) is 2. The first-order valence-corrected chi connectivity index (χ1v) is 3.18. The summed E-state index contributed by atoms with van der Waals surface area (Å²) in [6.07, 6.45) is 5.91. The van der Waals surface area contributed by atoms with Gasteiger partial charge in [-0.1, -0.05) is 12.8 Å². The van der Waals surface area contributed by atoms with Crippen molar-refractivity contribution in [1.29, 1.82) is 0 Å². The second-order valence-corrected chi connectivity index (χ2v) is 1.97. The normalized spacial score (nSPS) is 12.0. The zero-order valence-corrected chi connectivity index (χ0v) is 6.05. The smallest absolute Gasteiger partial charge is 0.231 e. The van der Waals surface area contributed by atoms with Crippen molar-refractivity contribution in [1.82, 2.24) is 5.32 Å². The largest absolute Gasteiger partial charge is 0.369 e. The lowest BCUT2D eigenvalue weighted by Gasteiger charge is -2.06. The summed E-state index contributed by atoms with van der Waals surface area (Å²) in [5, 5.41) is 2.81. The standard InChI is InChI=1S/C7H12N2O/c1-3-6(4-2)9-5-7(8)10/h1,6,9H,4-5H2,2H3,(H2,8,10). The second-order valence-electron chi connectivity index (χ2n) is 1.97. The SMILES string of the molecule is C#CC(CC)NCC(N)=O. The third-order valence-electron chi connectivity index (χ3n) is 1.13. The third-order valence-corrected chi connectivity index (χ3v) is 1.13. The Bertz CT molecular complexity index is 148. The lowest BCUT2D eigenvalue weighted by atomic mass is 10.2.